The fraction of sp³-hybridized carbons (Fsp3) is 0.0476. The van der Waals surface area contributed by atoms with E-state index in [9.17, 15) is 4.79 Å². The normalized spacial score (nSPS) is 15.2. The highest BCUT2D eigenvalue weighted by molar-refractivity contribution is 7.98. The molecule has 3 heterocycles. The molecular weight excluding hydrogens is 372 g/mol. The van der Waals surface area contributed by atoms with Crippen molar-refractivity contribution in [3.8, 4) is 5.69 Å². The first kappa shape index (κ1) is 16.9. The van der Waals surface area contributed by atoms with Crippen LogP contribution in [0.4, 0.5) is 0 Å². The van der Waals surface area contributed by atoms with Crippen molar-refractivity contribution in [2.45, 2.75) is 5.03 Å². The van der Waals surface area contributed by atoms with Gasteiger partial charge in [0.25, 0.3) is 0 Å². The molecule has 0 amide bonds. The number of hydroxylamine groups is 3. The first-order chi connectivity index (χ1) is 13.7. The molecule has 1 aromatic heterocycles. The van der Waals surface area contributed by atoms with Gasteiger partial charge < -0.3 is 0 Å². The van der Waals surface area contributed by atoms with Crippen molar-refractivity contribution >= 4 is 28.4 Å². The van der Waals surface area contributed by atoms with E-state index in [0.29, 0.717) is 11.1 Å². The average Bonchev–Trinajstić information content (AvgIpc) is 3.37. The van der Waals surface area contributed by atoms with Crippen LogP contribution < -0.4 is 5.48 Å². The Bertz CT molecular complexity index is 1180. The van der Waals surface area contributed by atoms with Crippen LogP contribution in [-0.2, 0) is 4.94 Å². The van der Waals surface area contributed by atoms with Gasteiger partial charge in [0.1, 0.15) is 5.03 Å². The predicted octanol–water partition coefficient (Wildman–Crippen LogP) is 3.98. The Hall–Kier alpha value is -3.29. The van der Waals surface area contributed by atoms with Crippen LogP contribution >= 0.6 is 11.8 Å². The minimum atomic E-state index is -0.0443. The topological polar surface area (TPSA) is 59.4 Å². The van der Waals surface area contributed by atoms with E-state index in [-0.39, 0.29) is 5.78 Å². The molecule has 2 aliphatic rings. The molecule has 138 valence electrons. The lowest BCUT2D eigenvalue weighted by atomic mass is 10.00. The second-order valence-corrected chi connectivity index (χ2v) is 7.13. The molecule has 0 radical (unpaired) electrons. The van der Waals surface area contributed by atoms with Gasteiger partial charge in [0.15, 0.2) is 5.78 Å². The molecule has 6 nitrogen and oxygen atoms in total. The first-order valence-corrected chi connectivity index (χ1v) is 9.96. The van der Waals surface area contributed by atoms with Crippen LogP contribution in [0.25, 0.3) is 16.6 Å². The van der Waals surface area contributed by atoms with Crippen molar-refractivity contribution in [2.24, 2.45) is 0 Å². The monoisotopic (exact) mass is 388 g/mol. The summed E-state index contributed by atoms with van der Waals surface area (Å²) in [4.78, 5) is 18.3. The maximum absolute atomic E-state index is 13.1. The number of para-hydroxylation sites is 1. The van der Waals surface area contributed by atoms with Gasteiger partial charge in [0.05, 0.1) is 23.1 Å². The van der Waals surface area contributed by atoms with Gasteiger partial charge in [0, 0.05) is 22.7 Å². The zero-order valence-corrected chi connectivity index (χ0v) is 15.8. The Morgan fingerprint density at radius 2 is 2.04 bits per heavy atom. The van der Waals surface area contributed by atoms with Gasteiger partial charge in [0.2, 0.25) is 0 Å². The van der Waals surface area contributed by atoms with Crippen LogP contribution in [0.15, 0.2) is 89.4 Å². The minimum absolute atomic E-state index is 0.0443. The zero-order valence-electron chi connectivity index (χ0n) is 15.0. The van der Waals surface area contributed by atoms with Crippen LogP contribution in [0.1, 0.15) is 10.4 Å². The second kappa shape index (κ2) is 6.70. The van der Waals surface area contributed by atoms with Crippen LogP contribution in [0.3, 0.4) is 0 Å². The molecule has 0 unspecified atom stereocenters. The van der Waals surface area contributed by atoms with E-state index in [1.807, 2.05) is 59.5 Å². The number of allylic oxidation sites excluding steroid dienone is 3. The largest absolute Gasteiger partial charge is 0.289 e. The molecule has 0 aliphatic carbocycles. The Morgan fingerprint density at radius 3 is 2.86 bits per heavy atom. The van der Waals surface area contributed by atoms with E-state index in [4.69, 9.17) is 10.0 Å². The minimum Gasteiger partial charge on any atom is -0.289 e. The fourth-order valence-electron chi connectivity index (χ4n) is 3.29. The quantitative estimate of drug-likeness (QED) is 0.539. The standard InChI is InChI=1S/C21H16N4O2S/c1-28-21-18-8-7-14(12-19(18)25(23-21)16-5-3-2-4-6-16)20(26)15-9-10-24-17(11-15)13-22-27-24/h2-13,22H,1H3. The maximum atomic E-state index is 13.1. The SMILES string of the molecule is CSc1nn(-c2ccccc2)c2cc(C(=O)C3=CC4=CNON4C=C3)ccc12. The number of benzene rings is 2. The fourth-order valence-corrected chi connectivity index (χ4v) is 3.85. The molecule has 0 bridgehead atoms. The van der Waals surface area contributed by atoms with E-state index in [2.05, 4.69) is 5.48 Å². The summed E-state index contributed by atoms with van der Waals surface area (Å²) in [5, 5.41) is 8.26. The van der Waals surface area contributed by atoms with Gasteiger partial charge in [-0.3, -0.25) is 4.79 Å². The van der Waals surface area contributed by atoms with E-state index < -0.39 is 0 Å². The number of carbonyl (C=O) groups is 1. The van der Waals surface area contributed by atoms with E-state index in [1.54, 1.807) is 41.4 Å². The summed E-state index contributed by atoms with van der Waals surface area (Å²) in [6, 6.07) is 15.7. The summed E-state index contributed by atoms with van der Waals surface area (Å²) in [7, 11) is 0. The number of nitrogens with one attached hydrogen (secondary N) is 1. The van der Waals surface area contributed by atoms with Gasteiger partial charge in [-0.1, -0.05) is 24.3 Å². The molecule has 28 heavy (non-hydrogen) atoms. The highest BCUT2D eigenvalue weighted by Gasteiger charge is 2.21. The average molecular weight is 388 g/mol. The number of fused-ring (bicyclic) bond motifs is 2. The summed E-state index contributed by atoms with van der Waals surface area (Å²) >= 11 is 1.59. The molecule has 2 aliphatic heterocycles. The number of aromatic nitrogens is 2. The molecule has 0 spiro atoms. The number of ketones is 1. The second-order valence-electron chi connectivity index (χ2n) is 6.34. The molecule has 0 saturated heterocycles. The van der Waals surface area contributed by atoms with Crippen molar-refractivity contribution in [1.29, 1.82) is 0 Å². The van der Waals surface area contributed by atoms with Crippen molar-refractivity contribution in [3.63, 3.8) is 0 Å². The molecule has 0 atom stereocenters. The summed E-state index contributed by atoms with van der Waals surface area (Å²) < 4.78 is 1.89. The first-order valence-electron chi connectivity index (χ1n) is 8.73. The van der Waals surface area contributed by atoms with Gasteiger partial charge >= 0.3 is 0 Å². The lowest BCUT2D eigenvalue weighted by Gasteiger charge is -2.16. The number of nitrogens with zero attached hydrogens (tertiary/aromatic N) is 3. The van der Waals surface area contributed by atoms with Crippen LogP contribution in [0.5, 0.6) is 0 Å². The lowest BCUT2D eigenvalue weighted by molar-refractivity contribution is -0.112. The Labute approximate surface area is 165 Å². The third-order valence-electron chi connectivity index (χ3n) is 4.67. The molecule has 3 aromatic rings. The van der Waals surface area contributed by atoms with E-state index >= 15 is 0 Å². The zero-order chi connectivity index (χ0) is 19.1. The summed E-state index contributed by atoms with van der Waals surface area (Å²) in [6.07, 6.45) is 8.98. The molecule has 2 aromatic carbocycles. The van der Waals surface area contributed by atoms with Crippen LogP contribution in [0, 0.1) is 0 Å². The van der Waals surface area contributed by atoms with Crippen molar-refractivity contribution < 1.29 is 9.73 Å². The maximum Gasteiger partial charge on any atom is 0.193 e. The molecule has 1 N–H and O–H groups in total. The van der Waals surface area contributed by atoms with Crippen LogP contribution in [0.2, 0.25) is 0 Å². The molecule has 0 saturated carbocycles. The summed E-state index contributed by atoms with van der Waals surface area (Å²) in [6.45, 7) is 0. The van der Waals surface area contributed by atoms with Crippen LogP contribution in [-0.4, -0.2) is 26.9 Å². The van der Waals surface area contributed by atoms with Crippen molar-refractivity contribution in [2.75, 3.05) is 6.26 Å². The molecule has 7 heteroatoms. The molecule has 5 rings (SSSR count). The van der Waals surface area contributed by atoms with Gasteiger partial charge in [-0.25, -0.2) is 15.2 Å². The third kappa shape index (κ3) is 2.72. The van der Waals surface area contributed by atoms with Crippen molar-refractivity contribution in [1.82, 2.24) is 20.3 Å². The van der Waals surface area contributed by atoms with Crippen molar-refractivity contribution in [3.05, 3.63) is 89.9 Å². The number of rotatable bonds is 4. The summed E-state index contributed by atoms with van der Waals surface area (Å²) in [5.74, 6) is -0.0443. The van der Waals surface area contributed by atoms with Gasteiger partial charge in [-0.2, -0.15) is 10.0 Å². The number of hydrogen-bond acceptors (Lipinski definition) is 6. The molecule has 0 fully saturated rings. The number of carbonyl (C=O) groups excluding carboxylic acids is 1. The Morgan fingerprint density at radius 1 is 1.18 bits per heavy atom. The smallest absolute Gasteiger partial charge is 0.193 e. The highest BCUT2D eigenvalue weighted by Crippen LogP contribution is 2.30. The number of Topliss-reactive ketones (excluding diaryl/α,β-unsaturated/α-hetero) is 1. The number of thioether (sulfide) groups is 1. The lowest BCUT2D eigenvalue weighted by Crippen LogP contribution is -2.17. The third-order valence-corrected chi connectivity index (χ3v) is 5.36. The van der Waals surface area contributed by atoms with E-state index in [1.165, 1.54) is 0 Å². The Balaban J connectivity index is 1.60. The number of hydrogen-bond donors (Lipinski definition) is 1. The Kier molecular flexibility index (Phi) is 4.03. The highest BCUT2D eigenvalue weighted by atomic mass is 32.2. The predicted molar refractivity (Wildman–Crippen MR) is 109 cm³/mol. The van der Waals surface area contributed by atoms with Gasteiger partial charge in [-0.05, 0) is 42.7 Å². The molecular formula is C21H16N4O2S. The van der Waals surface area contributed by atoms with Gasteiger partial charge in [-0.15, -0.1) is 11.8 Å². The summed E-state index contributed by atoms with van der Waals surface area (Å²) in [5.41, 5.74) is 6.54. The van der Waals surface area contributed by atoms with E-state index in [0.717, 1.165) is 27.3 Å².